The summed E-state index contributed by atoms with van der Waals surface area (Å²) in [5.74, 6) is 0. The van der Waals surface area contributed by atoms with Gasteiger partial charge in [0.05, 0.1) is 17.8 Å². The number of benzene rings is 3. The number of aromatic nitrogens is 1. The second-order valence-electron chi connectivity index (χ2n) is 6.55. The van der Waals surface area contributed by atoms with Crippen molar-refractivity contribution < 1.29 is 0 Å². The predicted octanol–water partition coefficient (Wildman–Crippen LogP) is 5.42. The van der Waals surface area contributed by atoms with Crippen LogP contribution in [0.15, 0.2) is 78.9 Å². The normalized spacial score (nSPS) is 12.0. The molecule has 0 radical (unpaired) electrons. The number of anilines is 1. The quantitative estimate of drug-likeness (QED) is 0.480. The monoisotopic (exact) mass is 322 g/mol. The number of hydrogen-bond acceptors (Lipinski definition) is 2. The van der Waals surface area contributed by atoms with Crippen molar-refractivity contribution in [3.05, 3.63) is 95.7 Å². The highest BCUT2D eigenvalue weighted by molar-refractivity contribution is 5.79. The molecule has 1 aliphatic rings. The molecular formula is C23H18N2. The summed E-state index contributed by atoms with van der Waals surface area (Å²) in [7, 11) is 0. The highest BCUT2D eigenvalue weighted by atomic mass is 14.9. The number of fused-ring (bicyclic) bond motifs is 4. The Morgan fingerprint density at radius 1 is 0.760 bits per heavy atom. The van der Waals surface area contributed by atoms with Crippen LogP contribution in [-0.4, -0.2) is 4.98 Å². The minimum Gasteiger partial charge on any atom is -0.379 e. The van der Waals surface area contributed by atoms with Crippen LogP contribution in [0.4, 0.5) is 5.69 Å². The highest BCUT2D eigenvalue weighted by Gasteiger charge is 2.17. The molecule has 5 rings (SSSR count). The van der Waals surface area contributed by atoms with Gasteiger partial charge in [-0.1, -0.05) is 54.6 Å². The molecule has 0 saturated carbocycles. The molecule has 0 saturated heterocycles. The molecule has 0 spiro atoms. The molecule has 2 heteroatoms. The van der Waals surface area contributed by atoms with Gasteiger partial charge in [0.1, 0.15) is 0 Å². The minimum absolute atomic E-state index is 0.733. The van der Waals surface area contributed by atoms with E-state index in [-0.39, 0.29) is 0 Å². The van der Waals surface area contributed by atoms with E-state index in [1.54, 1.807) is 0 Å². The summed E-state index contributed by atoms with van der Waals surface area (Å²) < 4.78 is 0. The summed E-state index contributed by atoms with van der Waals surface area (Å²) >= 11 is 0. The maximum atomic E-state index is 4.73. The largest absolute Gasteiger partial charge is 0.379 e. The molecule has 0 fully saturated rings. The lowest BCUT2D eigenvalue weighted by Gasteiger charge is -2.09. The van der Waals surface area contributed by atoms with E-state index in [2.05, 4.69) is 72.0 Å². The Morgan fingerprint density at radius 2 is 1.60 bits per heavy atom. The van der Waals surface area contributed by atoms with Crippen LogP contribution in [0.2, 0.25) is 0 Å². The molecule has 0 aliphatic heterocycles. The van der Waals surface area contributed by atoms with Gasteiger partial charge in [0.2, 0.25) is 0 Å². The van der Waals surface area contributed by atoms with Gasteiger partial charge in [-0.2, -0.15) is 0 Å². The van der Waals surface area contributed by atoms with Gasteiger partial charge in [-0.25, -0.2) is 0 Å². The maximum absolute atomic E-state index is 4.73. The number of nitrogens with one attached hydrogen (secondary N) is 1. The Balaban J connectivity index is 1.37. The molecule has 2 nitrogen and oxygen atoms in total. The number of rotatable bonds is 3. The fourth-order valence-corrected chi connectivity index (χ4v) is 3.65. The molecule has 3 aromatic carbocycles. The summed E-state index contributed by atoms with van der Waals surface area (Å²) in [5.41, 5.74) is 8.82. The van der Waals surface area contributed by atoms with Crippen molar-refractivity contribution in [1.29, 1.82) is 0 Å². The first-order valence-electron chi connectivity index (χ1n) is 8.66. The summed E-state index contributed by atoms with van der Waals surface area (Å²) in [6.07, 6.45) is 1.02. The van der Waals surface area contributed by atoms with E-state index in [4.69, 9.17) is 4.98 Å². The van der Waals surface area contributed by atoms with Crippen LogP contribution in [0.1, 0.15) is 16.8 Å². The lowest BCUT2D eigenvalue weighted by atomic mass is 10.1. The molecule has 1 aliphatic carbocycles. The standard InChI is InChI=1S/C23H18N2/c1-3-7-21-17(6-1)13-18-14-19(11-12-22(18)21)24-15-20-10-9-16-5-2-4-8-23(16)25-20/h1-12,14,24H,13,15H2. The number of para-hydroxylation sites is 1. The van der Waals surface area contributed by atoms with Crippen molar-refractivity contribution in [2.75, 3.05) is 5.32 Å². The van der Waals surface area contributed by atoms with Gasteiger partial charge in [-0.05, 0) is 52.9 Å². The average Bonchev–Trinajstić information content (AvgIpc) is 3.04. The Labute approximate surface area is 147 Å². The molecule has 1 aromatic heterocycles. The van der Waals surface area contributed by atoms with E-state index in [9.17, 15) is 0 Å². The minimum atomic E-state index is 0.733. The third-order valence-corrected chi connectivity index (χ3v) is 4.92. The van der Waals surface area contributed by atoms with Crippen molar-refractivity contribution in [1.82, 2.24) is 4.98 Å². The van der Waals surface area contributed by atoms with Gasteiger partial charge in [0, 0.05) is 11.1 Å². The summed E-state index contributed by atoms with van der Waals surface area (Å²) in [4.78, 5) is 4.73. The van der Waals surface area contributed by atoms with Crippen molar-refractivity contribution in [2.45, 2.75) is 13.0 Å². The summed E-state index contributed by atoms with van der Waals surface area (Å²) in [6, 6.07) is 27.8. The Morgan fingerprint density at radius 3 is 2.60 bits per heavy atom. The van der Waals surface area contributed by atoms with Crippen molar-refractivity contribution in [3.8, 4) is 11.1 Å². The van der Waals surface area contributed by atoms with Crippen LogP contribution in [0, 0.1) is 0 Å². The topological polar surface area (TPSA) is 24.9 Å². The molecule has 4 aromatic rings. The van der Waals surface area contributed by atoms with E-state index in [1.165, 1.54) is 27.6 Å². The van der Waals surface area contributed by atoms with E-state index in [0.29, 0.717) is 0 Å². The molecule has 25 heavy (non-hydrogen) atoms. The zero-order valence-corrected chi connectivity index (χ0v) is 13.9. The molecular weight excluding hydrogens is 304 g/mol. The fourth-order valence-electron chi connectivity index (χ4n) is 3.65. The molecule has 120 valence electrons. The zero-order chi connectivity index (χ0) is 16.6. The van der Waals surface area contributed by atoms with E-state index in [0.717, 1.165) is 29.9 Å². The van der Waals surface area contributed by atoms with Gasteiger partial charge < -0.3 is 5.32 Å². The zero-order valence-electron chi connectivity index (χ0n) is 13.9. The van der Waals surface area contributed by atoms with Crippen LogP contribution >= 0.6 is 0 Å². The Bertz CT molecular complexity index is 1080. The molecule has 0 bridgehead atoms. The van der Waals surface area contributed by atoms with E-state index in [1.807, 2.05) is 12.1 Å². The number of hydrogen-bond donors (Lipinski definition) is 1. The van der Waals surface area contributed by atoms with E-state index >= 15 is 0 Å². The summed E-state index contributed by atoms with van der Waals surface area (Å²) in [6.45, 7) is 0.733. The number of pyridine rings is 1. The Hall–Kier alpha value is -3.13. The molecule has 1 N–H and O–H groups in total. The molecule has 0 unspecified atom stereocenters. The number of nitrogens with zero attached hydrogens (tertiary/aromatic N) is 1. The second-order valence-corrected chi connectivity index (χ2v) is 6.55. The third-order valence-electron chi connectivity index (χ3n) is 4.92. The molecule has 0 atom stereocenters. The van der Waals surface area contributed by atoms with Crippen molar-refractivity contribution >= 4 is 16.6 Å². The van der Waals surface area contributed by atoms with Crippen LogP contribution in [0.25, 0.3) is 22.0 Å². The van der Waals surface area contributed by atoms with Crippen molar-refractivity contribution in [2.24, 2.45) is 0 Å². The van der Waals surface area contributed by atoms with Gasteiger partial charge >= 0.3 is 0 Å². The van der Waals surface area contributed by atoms with Crippen LogP contribution < -0.4 is 5.32 Å². The van der Waals surface area contributed by atoms with Gasteiger partial charge in [0.15, 0.2) is 0 Å². The van der Waals surface area contributed by atoms with Gasteiger partial charge in [-0.3, -0.25) is 4.98 Å². The summed E-state index contributed by atoms with van der Waals surface area (Å²) in [5, 5.41) is 4.70. The van der Waals surface area contributed by atoms with Crippen LogP contribution in [0.3, 0.4) is 0 Å². The van der Waals surface area contributed by atoms with Crippen LogP contribution in [0.5, 0.6) is 0 Å². The SMILES string of the molecule is c1ccc2c(c1)Cc1cc(NCc3ccc4ccccc4n3)ccc1-2. The average molecular weight is 322 g/mol. The van der Waals surface area contributed by atoms with Gasteiger partial charge in [0.25, 0.3) is 0 Å². The third kappa shape index (κ3) is 2.56. The first-order chi connectivity index (χ1) is 12.4. The second kappa shape index (κ2) is 5.75. The molecule has 1 heterocycles. The first kappa shape index (κ1) is 14.2. The highest BCUT2D eigenvalue weighted by Crippen LogP contribution is 2.37. The first-order valence-corrected chi connectivity index (χ1v) is 8.66. The maximum Gasteiger partial charge on any atom is 0.0706 e. The van der Waals surface area contributed by atoms with Gasteiger partial charge in [-0.15, -0.1) is 0 Å². The Kier molecular flexibility index (Phi) is 3.27. The van der Waals surface area contributed by atoms with E-state index < -0.39 is 0 Å². The lowest BCUT2D eigenvalue weighted by Crippen LogP contribution is -2.02. The smallest absolute Gasteiger partial charge is 0.0706 e. The fraction of sp³-hybridized carbons (Fsp3) is 0.0870. The van der Waals surface area contributed by atoms with Crippen molar-refractivity contribution in [3.63, 3.8) is 0 Å². The van der Waals surface area contributed by atoms with Crippen LogP contribution in [-0.2, 0) is 13.0 Å². The lowest BCUT2D eigenvalue weighted by molar-refractivity contribution is 1.07. The molecule has 0 amide bonds. The predicted molar refractivity (Wildman–Crippen MR) is 104 cm³/mol.